The lowest BCUT2D eigenvalue weighted by Crippen LogP contribution is -2.30. The van der Waals surface area contributed by atoms with E-state index in [9.17, 15) is 9.90 Å². The summed E-state index contributed by atoms with van der Waals surface area (Å²) in [6, 6.07) is 19.3. The number of aliphatic hydroxyl groups is 1. The van der Waals surface area contributed by atoms with Crippen molar-refractivity contribution in [2.24, 2.45) is 0 Å². The smallest absolute Gasteiger partial charge is 0.294 e. The van der Waals surface area contributed by atoms with Crippen molar-refractivity contribution in [3.63, 3.8) is 0 Å². The zero-order chi connectivity index (χ0) is 23.7. The highest BCUT2D eigenvalue weighted by molar-refractivity contribution is 6.18. The van der Waals surface area contributed by atoms with Crippen LogP contribution < -0.4 is 4.90 Å². The van der Waals surface area contributed by atoms with Crippen LogP contribution in [0.15, 0.2) is 85.1 Å². The fourth-order valence-corrected chi connectivity index (χ4v) is 5.30. The Bertz CT molecular complexity index is 1820. The molecule has 35 heavy (non-hydrogen) atoms. The minimum atomic E-state index is -0.529. The maximum atomic E-state index is 13.7. The number of carbonyl (C=O) groups is 1. The number of hydrogen-bond donors (Lipinski definition) is 4. The number of amides is 1. The van der Waals surface area contributed by atoms with E-state index in [0.29, 0.717) is 11.3 Å². The van der Waals surface area contributed by atoms with Crippen molar-refractivity contribution in [3.05, 3.63) is 102 Å². The van der Waals surface area contributed by atoms with Crippen molar-refractivity contribution >= 4 is 50.0 Å². The van der Waals surface area contributed by atoms with Crippen LogP contribution in [0.3, 0.4) is 0 Å². The fourth-order valence-electron chi connectivity index (χ4n) is 5.30. The Morgan fingerprint density at radius 3 is 2.66 bits per heavy atom. The number of aromatic amines is 3. The van der Waals surface area contributed by atoms with Crippen molar-refractivity contribution in [1.29, 1.82) is 0 Å². The lowest BCUT2D eigenvalue weighted by molar-refractivity contribution is -0.117. The van der Waals surface area contributed by atoms with Gasteiger partial charge in [-0.3, -0.25) is 9.69 Å². The number of nitrogens with one attached hydrogen (secondary N) is 3. The summed E-state index contributed by atoms with van der Waals surface area (Å²) in [5.41, 5.74) is 7.70. The van der Waals surface area contributed by atoms with Gasteiger partial charge in [0.15, 0.2) is 5.76 Å². The third kappa shape index (κ3) is 2.78. The highest BCUT2D eigenvalue weighted by Gasteiger charge is 2.43. The molecule has 3 aromatic carbocycles. The standard InChI is InChI=1S/C28H21N5O2/c1-15-6-8-18-20(13-30-23(18)10-15)26-25(19-12-29-21-5-3-2-4-17(19)21)27(34)28(35)33(26)16-7-9-22-24(11-16)32-14-31-22/h2-14,26,29-30,34H,1H3,(H,31,32). The first kappa shape index (κ1) is 19.7. The number of carbonyl (C=O) groups excluding carboxylic acids is 1. The van der Waals surface area contributed by atoms with Crippen molar-refractivity contribution in [2.45, 2.75) is 13.0 Å². The second-order valence-corrected chi connectivity index (χ2v) is 8.98. The van der Waals surface area contributed by atoms with Crippen LogP contribution in [0.1, 0.15) is 22.7 Å². The Labute approximate surface area is 199 Å². The molecule has 170 valence electrons. The van der Waals surface area contributed by atoms with Crippen LogP contribution in [-0.4, -0.2) is 30.9 Å². The highest BCUT2D eigenvalue weighted by atomic mass is 16.3. The first-order valence-electron chi connectivity index (χ1n) is 11.4. The average molecular weight is 460 g/mol. The van der Waals surface area contributed by atoms with Gasteiger partial charge in [-0.1, -0.05) is 30.3 Å². The first-order valence-corrected chi connectivity index (χ1v) is 11.4. The number of aryl methyl sites for hydroxylation is 1. The second kappa shape index (κ2) is 7.11. The monoisotopic (exact) mass is 459 g/mol. The van der Waals surface area contributed by atoms with Gasteiger partial charge in [0.25, 0.3) is 5.91 Å². The topological polar surface area (TPSA) is 101 Å². The molecule has 0 radical (unpaired) electrons. The Balaban J connectivity index is 1.50. The molecule has 4 N–H and O–H groups in total. The number of benzene rings is 3. The normalized spacial score (nSPS) is 16.4. The highest BCUT2D eigenvalue weighted by Crippen LogP contribution is 2.48. The van der Waals surface area contributed by atoms with E-state index in [1.165, 1.54) is 0 Å². The van der Waals surface area contributed by atoms with Gasteiger partial charge in [-0.15, -0.1) is 0 Å². The predicted octanol–water partition coefficient (Wildman–Crippen LogP) is 5.89. The molecule has 1 aliphatic rings. The van der Waals surface area contributed by atoms with Crippen LogP contribution in [-0.2, 0) is 4.79 Å². The minimum Gasteiger partial charge on any atom is -0.503 e. The molecule has 6 aromatic rings. The molecule has 4 heterocycles. The summed E-state index contributed by atoms with van der Waals surface area (Å²) in [6.45, 7) is 2.05. The molecule has 1 atom stereocenters. The maximum Gasteiger partial charge on any atom is 0.294 e. The van der Waals surface area contributed by atoms with Crippen LogP contribution in [0.2, 0.25) is 0 Å². The molecule has 7 rings (SSSR count). The average Bonchev–Trinajstić information content (AvgIpc) is 3.64. The predicted molar refractivity (Wildman–Crippen MR) is 137 cm³/mol. The summed E-state index contributed by atoms with van der Waals surface area (Å²) in [4.78, 5) is 29.4. The van der Waals surface area contributed by atoms with Gasteiger partial charge in [0.05, 0.1) is 23.4 Å². The lowest BCUT2D eigenvalue weighted by atomic mass is 9.92. The van der Waals surface area contributed by atoms with Crippen molar-refractivity contribution in [2.75, 3.05) is 4.90 Å². The van der Waals surface area contributed by atoms with Gasteiger partial charge in [-0.2, -0.15) is 0 Å². The van der Waals surface area contributed by atoms with Gasteiger partial charge in [0.2, 0.25) is 0 Å². The van der Waals surface area contributed by atoms with E-state index in [-0.39, 0.29) is 5.76 Å². The van der Waals surface area contributed by atoms with Crippen LogP contribution >= 0.6 is 0 Å². The van der Waals surface area contributed by atoms with Crippen LogP contribution in [0.5, 0.6) is 0 Å². The van der Waals surface area contributed by atoms with E-state index in [1.54, 1.807) is 11.2 Å². The SMILES string of the molecule is Cc1ccc2c(C3C(c4c[nH]c5ccccc45)=C(O)C(=O)N3c3ccc4nc[nH]c4c3)c[nH]c2c1. The van der Waals surface area contributed by atoms with E-state index in [0.717, 1.165) is 49.5 Å². The Morgan fingerprint density at radius 1 is 0.886 bits per heavy atom. The number of nitrogens with zero attached hydrogens (tertiary/aromatic N) is 2. The number of fused-ring (bicyclic) bond motifs is 3. The zero-order valence-corrected chi connectivity index (χ0v) is 18.8. The van der Waals surface area contributed by atoms with E-state index in [2.05, 4.69) is 38.1 Å². The quantitative estimate of drug-likeness (QED) is 0.265. The van der Waals surface area contributed by atoms with Gasteiger partial charge >= 0.3 is 0 Å². The molecule has 0 saturated carbocycles. The molecule has 0 saturated heterocycles. The molecule has 0 fully saturated rings. The summed E-state index contributed by atoms with van der Waals surface area (Å²) in [5, 5.41) is 13.3. The maximum absolute atomic E-state index is 13.7. The molecular formula is C28H21N5O2. The lowest BCUT2D eigenvalue weighted by Gasteiger charge is -2.27. The van der Waals surface area contributed by atoms with E-state index in [1.807, 2.05) is 61.8 Å². The zero-order valence-electron chi connectivity index (χ0n) is 18.8. The second-order valence-electron chi connectivity index (χ2n) is 8.98. The van der Waals surface area contributed by atoms with Crippen molar-refractivity contribution < 1.29 is 9.90 Å². The number of rotatable bonds is 3. The first-order chi connectivity index (χ1) is 17.1. The summed E-state index contributed by atoms with van der Waals surface area (Å²) in [7, 11) is 0. The molecule has 0 spiro atoms. The van der Waals surface area contributed by atoms with Crippen LogP contribution in [0.4, 0.5) is 5.69 Å². The summed E-state index contributed by atoms with van der Waals surface area (Å²) in [5.74, 6) is -0.679. The third-order valence-electron chi connectivity index (χ3n) is 6.93. The number of anilines is 1. The number of aliphatic hydroxyl groups excluding tert-OH is 1. The number of para-hydroxylation sites is 1. The van der Waals surface area contributed by atoms with Gasteiger partial charge < -0.3 is 20.1 Å². The largest absolute Gasteiger partial charge is 0.503 e. The Kier molecular flexibility index (Phi) is 3.99. The molecule has 7 nitrogen and oxygen atoms in total. The third-order valence-corrected chi connectivity index (χ3v) is 6.93. The molecular weight excluding hydrogens is 438 g/mol. The molecule has 1 unspecified atom stereocenters. The van der Waals surface area contributed by atoms with Crippen LogP contribution in [0.25, 0.3) is 38.4 Å². The molecule has 1 aliphatic heterocycles. The van der Waals surface area contributed by atoms with E-state index in [4.69, 9.17) is 0 Å². The molecule has 0 bridgehead atoms. The molecule has 3 aromatic heterocycles. The summed E-state index contributed by atoms with van der Waals surface area (Å²) in [6.07, 6.45) is 5.45. The Morgan fingerprint density at radius 2 is 1.74 bits per heavy atom. The number of H-pyrrole nitrogens is 3. The summed E-state index contributed by atoms with van der Waals surface area (Å²) >= 11 is 0. The van der Waals surface area contributed by atoms with Gasteiger partial charge in [0, 0.05) is 56.6 Å². The Hall–Kier alpha value is -4.78. The molecule has 7 heteroatoms. The van der Waals surface area contributed by atoms with E-state index < -0.39 is 11.9 Å². The van der Waals surface area contributed by atoms with Gasteiger partial charge in [-0.25, -0.2) is 4.98 Å². The molecule has 1 amide bonds. The minimum absolute atomic E-state index is 0.245. The van der Waals surface area contributed by atoms with Crippen molar-refractivity contribution in [1.82, 2.24) is 19.9 Å². The van der Waals surface area contributed by atoms with E-state index >= 15 is 0 Å². The number of hydrogen-bond acceptors (Lipinski definition) is 3. The van der Waals surface area contributed by atoms with Crippen molar-refractivity contribution in [3.8, 4) is 0 Å². The molecule has 0 aliphatic carbocycles. The van der Waals surface area contributed by atoms with Gasteiger partial charge in [-0.05, 0) is 42.8 Å². The van der Waals surface area contributed by atoms with Gasteiger partial charge in [0.1, 0.15) is 0 Å². The summed E-state index contributed by atoms with van der Waals surface area (Å²) < 4.78 is 0. The number of aromatic nitrogens is 4. The fraction of sp³-hybridized carbons (Fsp3) is 0.0714. The number of imidazole rings is 1. The van der Waals surface area contributed by atoms with Crippen LogP contribution in [0, 0.1) is 6.92 Å².